The lowest BCUT2D eigenvalue weighted by Gasteiger charge is -2.18. The monoisotopic (exact) mass is 352 g/mol. The van der Waals surface area contributed by atoms with Gasteiger partial charge in [0.05, 0.1) is 19.1 Å². The van der Waals surface area contributed by atoms with Crippen LogP contribution in [-0.2, 0) is 22.4 Å². The Hall–Kier alpha value is -2.92. The van der Waals surface area contributed by atoms with Gasteiger partial charge in [0.25, 0.3) is 0 Å². The second-order valence-corrected chi connectivity index (χ2v) is 6.15. The van der Waals surface area contributed by atoms with Crippen LogP contribution in [0.5, 0.6) is 0 Å². The van der Waals surface area contributed by atoms with Gasteiger partial charge < -0.3 is 15.7 Å². The van der Waals surface area contributed by atoms with Gasteiger partial charge in [0.2, 0.25) is 11.8 Å². The van der Waals surface area contributed by atoms with Crippen LogP contribution in [0.25, 0.3) is 0 Å². The van der Waals surface area contributed by atoms with E-state index >= 15 is 0 Å². The molecule has 0 heterocycles. The van der Waals surface area contributed by atoms with Crippen molar-refractivity contribution < 1.29 is 14.7 Å². The average molecular weight is 352 g/mol. The highest BCUT2D eigenvalue weighted by molar-refractivity contribution is 5.98. The summed E-state index contributed by atoms with van der Waals surface area (Å²) in [6, 6.07) is 14.7. The van der Waals surface area contributed by atoms with Crippen molar-refractivity contribution >= 4 is 17.5 Å². The van der Waals surface area contributed by atoms with Crippen molar-refractivity contribution in [2.45, 2.75) is 25.8 Å². The SMILES string of the molecule is C=CC(=O)Nc1cccc(CC(=O)NC(CO)Cc2ccccc2C)c1. The zero-order chi connectivity index (χ0) is 18.9. The topological polar surface area (TPSA) is 78.4 Å². The number of rotatable bonds is 8. The van der Waals surface area contributed by atoms with Gasteiger partial charge in [0, 0.05) is 5.69 Å². The van der Waals surface area contributed by atoms with E-state index in [0.29, 0.717) is 12.1 Å². The summed E-state index contributed by atoms with van der Waals surface area (Å²) < 4.78 is 0. The largest absolute Gasteiger partial charge is 0.394 e. The quantitative estimate of drug-likeness (QED) is 0.638. The van der Waals surface area contributed by atoms with Crippen molar-refractivity contribution in [3.63, 3.8) is 0 Å². The van der Waals surface area contributed by atoms with E-state index in [1.807, 2.05) is 37.3 Å². The van der Waals surface area contributed by atoms with Gasteiger partial charge in [-0.25, -0.2) is 0 Å². The van der Waals surface area contributed by atoms with Crippen LogP contribution in [0.3, 0.4) is 0 Å². The molecule has 0 saturated carbocycles. The summed E-state index contributed by atoms with van der Waals surface area (Å²) in [6.07, 6.45) is 1.93. The molecule has 2 aromatic rings. The number of hydrogen-bond acceptors (Lipinski definition) is 3. The minimum atomic E-state index is -0.341. The number of amides is 2. The second kappa shape index (κ2) is 9.53. The van der Waals surface area contributed by atoms with Crippen molar-refractivity contribution in [2.75, 3.05) is 11.9 Å². The van der Waals surface area contributed by atoms with Gasteiger partial charge >= 0.3 is 0 Å². The molecule has 3 N–H and O–H groups in total. The summed E-state index contributed by atoms with van der Waals surface area (Å²) in [5.74, 6) is -0.477. The highest BCUT2D eigenvalue weighted by atomic mass is 16.3. The van der Waals surface area contributed by atoms with Crippen LogP contribution in [0.4, 0.5) is 5.69 Å². The zero-order valence-electron chi connectivity index (χ0n) is 14.9. The van der Waals surface area contributed by atoms with Crippen LogP contribution in [0.1, 0.15) is 16.7 Å². The predicted molar refractivity (Wildman–Crippen MR) is 103 cm³/mol. The van der Waals surface area contributed by atoms with Gasteiger partial charge in [0.1, 0.15) is 0 Å². The summed E-state index contributed by atoms with van der Waals surface area (Å²) in [7, 11) is 0. The number of aliphatic hydroxyl groups excluding tert-OH is 1. The molecule has 1 atom stereocenters. The smallest absolute Gasteiger partial charge is 0.247 e. The molecule has 2 aromatic carbocycles. The van der Waals surface area contributed by atoms with Crippen LogP contribution in [0.2, 0.25) is 0 Å². The third-order valence-electron chi connectivity index (χ3n) is 4.06. The Morgan fingerprint density at radius 1 is 1.19 bits per heavy atom. The Morgan fingerprint density at radius 2 is 1.96 bits per heavy atom. The van der Waals surface area contributed by atoms with Crippen LogP contribution in [-0.4, -0.2) is 29.6 Å². The molecule has 26 heavy (non-hydrogen) atoms. The molecule has 0 radical (unpaired) electrons. The standard InChI is InChI=1S/C21H24N2O3/c1-3-20(25)22-18-10-6-8-16(11-18)12-21(26)23-19(14-24)13-17-9-5-4-7-15(17)2/h3-11,19,24H,1,12-14H2,2H3,(H,22,25)(H,23,26). The summed E-state index contributed by atoms with van der Waals surface area (Å²) in [5, 5.41) is 15.1. The maximum Gasteiger partial charge on any atom is 0.247 e. The highest BCUT2D eigenvalue weighted by Crippen LogP contribution is 2.12. The Bertz CT molecular complexity index is 786. The Balaban J connectivity index is 1.96. The minimum Gasteiger partial charge on any atom is -0.394 e. The van der Waals surface area contributed by atoms with E-state index in [1.54, 1.807) is 18.2 Å². The predicted octanol–water partition coefficient (Wildman–Crippen LogP) is 2.38. The van der Waals surface area contributed by atoms with Gasteiger partial charge in [-0.05, 0) is 48.2 Å². The molecule has 136 valence electrons. The molecular weight excluding hydrogens is 328 g/mol. The molecule has 2 rings (SSSR count). The van der Waals surface area contributed by atoms with Gasteiger partial charge in [0.15, 0.2) is 0 Å². The Labute approximate surface area is 153 Å². The molecule has 2 amide bonds. The number of carbonyl (C=O) groups excluding carboxylic acids is 2. The third-order valence-corrected chi connectivity index (χ3v) is 4.06. The van der Waals surface area contributed by atoms with E-state index < -0.39 is 0 Å². The first-order chi connectivity index (χ1) is 12.5. The van der Waals surface area contributed by atoms with Gasteiger partial charge in [-0.3, -0.25) is 9.59 Å². The third kappa shape index (κ3) is 5.86. The molecule has 0 aliphatic heterocycles. The van der Waals surface area contributed by atoms with Gasteiger partial charge in [-0.1, -0.05) is 43.0 Å². The summed E-state index contributed by atoms with van der Waals surface area (Å²) >= 11 is 0. The minimum absolute atomic E-state index is 0.129. The summed E-state index contributed by atoms with van der Waals surface area (Å²) in [5.41, 5.74) is 3.61. The average Bonchev–Trinajstić information content (AvgIpc) is 2.63. The summed E-state index contributed by atoms with van der Waals surface area (Å²) in [6.45, 7) is 5.29. The highest BCUT2D eigenvalue weighted by Gasteiger charge is 2.14. The van der Waals surface area contributed by atoms with Gasteiger partial charge in [-0.2, -0.15) is 0 Å². The molecule has 0 bridgehead atoms. The molecule has 0 aliphatic carbocycles. The molecule has 0 aliphatic rings. The number of nitrogens with one attached hydrogen (secondary N) is 2. The van der Waals surface area contributed by atoms with E-state index in [9.17, 15) is 14.7 Å². The van der Waals surface area contributed by atoms with Gasteiger partial charge in [-0.15, -0.1) is 0 Å². The van der Waals surface area contributed by atoms with Crippen molar-refractivity contribution in [3.8, 4) is 0 Å². The zero-order valence-corrected chi connectivity index (χ0v) is 14.9. The lowest BCUT2D eigenvalue weighted by atomic mass is 10.0. The molecule has 5 nitrogen and oxygen atoms in total. The fourth-order valence-corrected chi connectivity index (χ4v) is 2.68. The first kappa shape index (κ1) is 19.4. The van der Waals surface area contributed by atoms with Crippen molar-refractivity contribution in [1.29, 1.82) is 0 Å². The van der Waals surface area contributed by atoms with E-state index in [4.69, 9.17) is 0 Å². The lowest BCUT2D eigenvalue weighted by Crippen LogP contribution is -2.40. The summed E-state index contributed by atoms with van der Waals surface area (Å²) in [4.78, 5) is 23.7. The molecule has 1 unspecified atom stereocenters. The van der Waals surface area contributed by atoms with Crippen LogP contribution in [0.15, 0.2) is 61.2 Å². The van der Waals surface area contributed by atoms with Crippen molar-refractivity contribution in [2.24, 2.45) is 0 Å². The number of hydrogen-bond donors (Lipinski definition) is 3. The van der Waals surface area contributed by atoms with Crippen LogP contribution < -0.4 is 10.6 Å². The molecule has 0 fully saturated rings. The first-order valence-corrected chi connectivity index (χ1v) is 8.49. The van der Waals surface area contributed by atoms with E-state index in [0.717, 1.165) is 16.7 Å². The number of benzene rings is 2. The first-order valence-electron chi connectivity index (χ1n) is 8.49. The number of aliphatic hydroxyl groups is 1. The maximum absolute atomic E-state index is 12.3. The normalized spacial score (nSPS) is 11.5. The molecule has 5 heteroatoms. The Kier molecular flexibility index (Phi) is 7.12. The fraction of sp³-hybridized carbons (Fsp3) is 0.238. The maximum atomic E-state index is 12.3. The molecular formula is C21H24N2O3. The fourth-order valence-electron chi connectivity index (χ4n) is 2.68. The molecule has 0 saturated heterocycles. The second-order valence-electron chi connectivity index (χ2n) is 6.15. The van der Waals surface area contributed by atoms with E-state index in [1.165, 1.54) is 6.08 Å². The van der Waals surface area contributed by atoms with E-state index in [-0.39, 0.29) is 30.9 Å². The number of carbonyl (C=O) groups is 2. The van der Waals surface area contributed by atoms with Crippen LogP contribution >= 0.6 is 0 Å². The molecule has 0 aromatic heterocycles. The van der Waals surface area contributed by atoms with E-state index in [2.05, 4.69) is 17.2 Å². The van der Waals surface area contributed by atoms with Crippen molar-refractivity contribution in [3.05, 3.63) is 77.9 Å². The number of aryl methyl sites for hydroxylation is 1. The molecule has 0 spiro atoms. The van der Waals surface area contributed by atoms with Crippen molar-refractivity contribution in [1.82, 2.24) is 5.32 Å². The Morgan fingerprint density at radius 3 is 2.65 bits per heavy atom. The number of anilines is 1. The lowest BCUT2D eigenvalue weighted by molar-refractivity contribution is -0.121. The van der Waals surface area contributed by atoms with Crippen LogP contribution in [0, 0.1) is 6.92 Å².